The summed E-state index contributed by atoms with van der Waals surface area (Å²) in [5.41, 5.74) is 4.83. The van der Waals surface area contributed by atoms with E-state index in [0.717, 1.165) is 53.0 Å². The van der Waals surface area contributed by atoms with Gasteiger partial charge in [0.2, 0.25) is 0 Å². The molecular weight excluding hydrogens is 396 g/mol. The van der Waals surface area contributed by atoms with Gasteiger partial charge in [0.15, 0.2) is 5.76 Å². The molecule has 2 aromatic carbocycles. The predicted octanol–water partition coefficient (Wildman–Crippen LogP) is 5.21. The van der Waals surface area contributed by atoms with Gasteiger partial charge in [-0.15, -0.1) is 0 Å². The van der Waals surface area contributed by atoms with Crippen molar-refractivity contribution < 1.29 is 9.53 Å². The fourth-order valence-electron chi connectivity index (χ4n) is 4.44. The van der Waals surface area contributed by atoms with E-state index >= 15 is 0 Å². The third-order valence-electron chi connectivity index (χ3n) is 5.96. The lowest BCUT2D eigenvalue weighted by atomic mass is 9.90. The fraction of sp³-hybridized carbons (Fsp3) is 0.400. The second kappa shape index (κ2) is 9.67. The SMILES string of the molecule is Cc1cccc2c1C(OCCCN1CCCCC1)=C(c1cccc(Cl)c1)NC2C=O. The molecule has 30 heavy (non-hydrogen) atoms. The Balaban J connectivity index is 1.63. The van der Waals surface area contributed by atoms with Crippen LogP contribution in [0.15, 0.2) is 42.5 Å². The van der Waals surface area contributed by atoms with E-state index in [0.29, 0.717) is 11.6 Å². The van der Waals surface area contributed by atoms with Crippen LogP contribution in [0.25, 0.3) is 11.5 Å². The highest BCUT2D eigenvalue weighted by Crippen LogP contribution is 2.38. The lowest BCUT2D eigenvalue weighted by Crippen LogP contribution is -2.31. The molecule has 0 aromatic heterocycles. The standard InChI is InChI=1S/C25H29ClN2O2/c1-18-8-5-11-21-22(17-29)27-24(19-9-6-10-20(26)16-19)25(23(18)21)30-15-7-14-28-12-3-2-4-13-28/h5-6,8-11,16-17,22,27H,2-4,7,12-15H2,1H3. The van der Waals surface area contributed by atoms with Gasteiger partial charge in [-0.25, -0.2) is 0 Å². The first-order chi connectivity index (χ1) is 14.7. The molecule has 1 atom stereocenters. The van der Waals surface area contributed by atoms with Crippen LogP contribution in [-0.4, -0.2) is 37.4 Å². The molecule has 4 rings (SSSR count). The van der Waals surface area contributed by atoms with Crippen LogP contribution in [0.3, 0.4) is 0 Å². The normalized spacial score (nSPS) is 19.2. The van der Waals surface area contributed by atoms with Crippen LogP contribution in [0.5, 0.6) is 0 Å². The van der Waals surface area contributed by atoms with E-state index in [4.69, 9.17) is 16.3 Å². The zero-order chi connectivity index (χ0) is 20.9. The molecule has 5 heteroatoms. The van der Waals surface area contributed by atoms with Crippen LogP contribution in [0.4, 0.5) is 0 Å². The van der Waals surface area contributed by atoms with Gasteiger partial charge in [-0.05, 0) is 62.5 Å². The number of aldehydes is 1. The molecule has 0 aliphatic carbocycles. The van der Waals surface area contributed by atoms with Gasteiger partial charge in [-0.3, -0.25) is 0 Å². The monoisotopic (exact) mass is 424 g/mol. The van der Waals surface area contributed by atoms with Crippen LogP contribution in [0.1, 0.15) is 54.0 Å². The minimum Gasteiger partial charge on any atom is -0.491 e. The summed E-state index contributed by atoms with van der Waals surface area (Å²) >= 11 is 6.26. The van der Waals surface area contributed by atoms with Crippen LogP contribution >= 0.6 is 11.6 Å². The fourth-order valence-corrected chi connectivity index (χ4v) is 4.63. The van der Waals surface area contributed by atoms with E-state index in [2.05, 4.69) is 23.2 Å². The highest BCUT2D eigenvalue weighted by molar-refractivity contribution is 6.30. The number of likely N-dealkylation sites (tertiary alicyclic amines) is 1. The molecular formula is C25H29ClN2O2. The van der Waals surface area contributed by atoms with Gasteiger partial charge in [-0.1, -0.05) is 48.4 Å². The number of ether oxygens (including phenoxy) is 1. The molecule has 1 saturated heterocycles. The molecule has 1 N–H and O–H groups in total. The molecule has 0 spiro atoms. The average molecular weight is 425 g/mol. The third-order valence-corrected chi connectivity index (χ3v) is 6.19. The molecule has 1 fully saturated rings. The van der Waals surface area contributed by atoms with E-state index in [1.807, 2.05) is 36.4 Å². The van der Waals surface area contributed by atoms with E-state index in [9.17, 15) is 4.79 Å². The first-order valence-corrected chi connectivity index (χ1v) is 11.2. The summed E-state index contributed by atoms with van der Waals surface area (Å²) in [6.07, 6.45) is 5.88. The Kier molecular flexibility index (Phi) is 6.76. The van der Waals surface area contributed by atoms with E-state index in [-0.39, 0.29) is 0 Å². The van der Waals surface area contributed by atoms with Crippen molar-refractivity contribution in [3.63, 3.8) is 0 Å². The summed E-state index contributed by atoms with van der Waals surface area (Å²) in [5.74, 6) is 0.808. The van der Waals surface area contributed by atoms with Gasteiger partial charge in [0.25, 0.3) is 0 Å². The molecule has 0 radical (unpaired) electrons. The lowest BCUT2D eigenvalue weighted by molar-refractivity contribution is -0.109. The Morgan fingerprint density at radius 2 is 1.97 bits per heavy atom. The maximum absolute atomic E-state index is 11.9. The molecule has 2 aliphatic rings. The van der Waals surface area contributed by atoms with Gasteiger partial charge < -0.3 is 19.7 Å². The van der Waals surface area contributed by atoms with Crippen molar-refractivity contribution >= 4 is 29.3 Å². The number of aryl methyl sites for hydroxylation is 1. The van der Waals surface area contributed by atoms with E-state index in [1.54, 1.807) is 0 Å². The summed E-state index contributed by atoms with van der Waals surface area (Å²) < 4.78 is 6.41. The van der Waals surface area contributed by atoms with Crippen LogP contribution in [0.2, 0.25) is 5.02 Å². The number of halogens is 1. The van der Waals surface area contributed by atoms with Crippen LogP contribution in [0, 0.1) is 6.92 Å². The first kappa shape index (κ1) is 21.0. The number of piperidine rings is 1. The minimum atomic E-state index is -0.408. The molecule has 0 saturated carbocycles. The molecule has 1 unspecified atom stereocenters. The molecule has 4 nitrogen and oxygen atoms in total. The minimum absolute atomic E-state index is 0.408. The molecule has 0 amide bonds. The maximum atomic E-state index is 11.9. The number of benzene rings is 2. The maximum Gasteiger partial charge on any atom is 0.150 e. The lowest BCUT2D eigenvalue weighted by Gasteiger charge is -2.31. The number of fused-ring (bicyclic) bond motifs is 1. The van der Waals surface area contributed by atoms with Gasteiger partial charge >= 0.3 is 0 Å². The largest absolute Gasteiger partial charge is 0.491 e. The topological polar surface area (TPSA) is 41.6 Å². The molecule has 158 valence electrons. The van der Waals surface area contributed by atoms with Gasteiger partial charge in [0.1, 0.15) is 12.3 Å². The van der Waals surface area contributed by atoms with Crippen molar-refractivity contribution in [2.24, 2.45) is 0 Å². The third kappa shape index (κ3) is 4.55. The number of nitrogens with one attached hydrogen (secondary N) is 1. The summed E-state index contributed by atoms with van der Waals surface area (Å²) in [6.45, 7) is 6.16. The van der Waals surface area contributed by atoms with Crippen LogP contribution < -0.4 is 5.32 Å². The van der Waals surface area contributed by atoms with E-state index < -0.39 is 6.04 Å². The summed E-state index contributed by atoms with van der Waals surface area (Å²) in [4.78, 5) is 14.4. The Labute approximate surface area is 183 Å². The molecule has 0 bridgehead atoms. The van der Waals surface area contributed by atoms with Crippen molar-refractivity contribution in [2.75, 3.05) is 26.2 Å². The Bertz CT molecular complexity index is 934. The highest BCUT2D eigenvalue weighted by Gasteiger charge is 2.29. The number of hydrogen-bond donors (Lipinski definition) is 1. The summed E-state index contributed by atoms with van der Waals surface area (Å²) in [7, 11) is 0. The molecule has 2 heterocycles. The van der Waals surface area contributed by atoms with Gasteiger partial charge in [0.05, 0.1) is 12.3 Å². The summed E-state index contributed by atoms with van der Waals surface area (Å²) in [5, 5.41) is 4.04. The Morgan fingerprint density at radius 3 is 2.73 bits per heavy atom. The van der Waals surface area contributed by atoms with Crippen molar-refractivity contribution in [1.82, 2.24) is 10.2 Å². The number of hydrogen-bond acceptors (Lipinski definition) is 4. The zero-order valence-electron chi connectivity index (χ0n) is 17.5. The smallest absolute Gasteiger partial charge is 0.150 e. The van der Waals surface area contributed by atoms with Crippen molar-refractivity contribution in [3.05, 3.63) is 69.7 Å². The van der Waals surface area contributed by atoms with Crippen molar-refractivity contribution in [3.8, 4) is 0 Å². The molecule has 2 aromatic rings. The molecule has 2 aliphatic heterocycles. The second-order valence-electron chi connectivity index (χ2n) is 8.12. The number of carbonyl (C=O) groups is 1. The zero-order valence-corrected chi connectivity index (χ0v) is 18.3. The van der Waals surface area contributed by atoms with Gasteiger partial charge in [0, 0.05) is 22.7 Å². The van der Waals surface area contributed by atoms with Crippen molar-refractivity contribution in [2.45, 2.75) is 38.6 Å². The first-order valence-electron chi connectivity index (χ1n) is 10.8. The predicted molar refractivity (Wildman–Crippen MR) is 122 cm³/mol. The summed E-state index contributed by atoms with van der Waals surface area (Å²) in [6, 6.07) is 13.3. The van der Waals surface area contributed by atoms with Crippen molar-refractivity contribution in [1.29, 1.82) is 0 Å². The quantitative estimate of drug-likeness (QED) is 0.489. The highest BCUT2D eigenvalue weighted by atomic mass is 35.5. The van der Waals surface area contributed by atoms with Gasteiger partial charge in [-0.2, -0.15) is 0 Å². The number of rotatable bonds is 7. The average Bonchev–Trinajstić information content (AvgIpc) is 2.77. The number of nitrogens with zero attached hydrogens (tertiary/aromatic N) is 1. The number of carbonyl (C=O) groups excluding carboxylic acids is 1. The van der Waals surface area contributed by atoms with E-state index in [1.165, 1.54) is 32.4 Å². The van der Waals surface area contributed by atoms with Crippen LogP contribution in [-0.2, 0) is 9.53 Å². The second-order valence-corrected chi connectivity index (χ2v) is 8.55. The Morgan fingerprint density at radius 1 is 1.17 bits per heavy atom. The Hall–Kier alpha value is -2.30.